The van der Waals surface area contributed by atoms with Crippen LogP contribution in [0.1, 0.15) is 16.8 Å². The van der Waals surface area contributed by atoms with E-state index in [4.69, 9.17) is 11.6 Å². The summed E-state index contributed by atoms with van der Waals surface area (Å²) < 4.78 is 0. The molecule has 4 rings (SSSR count). The summed E-state index contributed by atoms with van der Waals surface area (Å²) in [6.07, 6.45) is 0.651. The van der Waals surface area contributed by atoms with Gasteiger partial charge in [-0.2, -0.15) is 0 Å². The molecule has 0 spiro atoms. The van der Waals surface area contributed by atoms with Gasteiger partial charge in [0.05, 0.1) is 11.3 Å². The Bertz CT molecular complexity index is 1050. The number of phenols is 2. The summed E-state index contributed by atoms with van der Waals surface area (Å²) in [5, 5.41) is 20.0. The van der Waals surface area contributed by atoms with Crippen molar-refractivity contribution in [2.75, 3.05) is 6.54 Å². The molecule has 2 heterocycles. The van der Waals surface area contributed by atoms with Crippen LogP contribution in [0.4, 0.5) is 0 Å². The van der Waals surface area contributed by atoms with Crippen molar-refractivity contribution in [1.29, 1.82) is 0 Å². The minimum Gasteiger partial charge on any atom is -0.508 e. The fourth-order valence-corrected chi connectivity index (χ4v) is 3.41. The Kier molecular flexibility index (Phi) is 4.59. The van der Waals surface area contributed by atoms with Crippen LogP contribution >= 0.6 is 11.6 Å². The molecule has 27 heavy (non-hydrogen) atoms. The molecule has 2 aromatic carbocycles. The van der Waals surface area contributed by atoms with Gasteiger partial charge in [0.15, 0.2) is 0 Å². The lowest BCUT2D eigenvalue weighted by molar-refractivity contribution is 0.238. The van der Waals surface area contributed by atoms with Gasteiger partial charge in [0.2, 0.25) is 0 Å². The molecule has 0 fully saturated rings. The molecule has 1 aromatic heterocycles. The molecular weight excluding hydrogens is 366 g/mol. The van der Waals surface area contributed by atoms with Crippen molar-refractivity contribution in [3.8, 4) is 22.9 Å². The van der Waals surface area contributed by atoms with Crippen LogP contribution in [-0.4, -0.2) is 31.6 Å². The van der Waals surface area contributed by atoms with E-state index in [0.717, 1.165) is 17.8 Å². The first-order chi connectivity index (χ1) is 13.0. The topological polar surface area (TPSA) is 89.5 Å². The number of nitrogens with one attached hydrogen (secondary N) is 1. The standard InChI is InChI=1S/C20H18ClN3O3/c21-14-4-1-12(2-5-14)19-22-17-7-8-24(11-16(17)20(27)23-19)10-13-3-6-15(25)9-18(13)26/h1-6,9,25-26H,7-8,10-11H2,(H,22,23,27). The Hall–Kier alpha value is -2.83. The van der Waals surface area contributed by atoms with Gasteiger partial charge in [-0.3, -0.25) is 9.69 Å². The van der Waals surface area contributed by atoms with Crippen molar-refractivity contribution >= 4 is 11.6 Å². The number of phenolic OH excluding ortho intramolecular Hbond substituents is 2. The molecule has 0 aliphatic carbocycles. The maximum absolute atomic E-state index is 12.6. The third kappa shape index (κ3) is 3.67. The number of aromatic nitrogens is 2. The molecule has 0 atom stereocenters. The van der Waals surface area contributed by atoms with Gasteiger partial charge < -0.3 is 15.2 Å². The van der Waals surface area contributed by atoms with E-state index in [9.17, 15) is 15.0 Å². The molecule has 1 aliphatic heterocycles. The highest BCUT2D eigenvalue weighted by atomic mass is 35.5. The second kappa shape index (κ2) is 7.06. The number of hydrogen-bond acceptors (Lipinski definition) is 5. The van der Waals surface area contributed by atoms with Crippen LogP contribution in [0.3, 0.4) is 0 Å². The number of nitrogens with zero attached hydrogens (tertiary/aromatic N) is 2. The van der Waals surface area contributed by atoms with Crippen LogP contribution in [-0.2, 0) is 19.5 Å². The highest BCUT2D eigenvalue weighted by molar-refractivity contribution is 6.30. The van der Waals surface area contributed by atoms with Crippen LogP contribution in [0, 0.1) is 0 Å². The van der Waals surface area contributed by atoms with Crippen molar-refractivity contribution in [3.63, 3.8) is 0 Å². The highest BCUT2D eigenvalue weighted by Crippen LogP contribution is 2.26. The molecule has 0 unspecified atom stereocenters. The van der Waals surface area contributed by atoms with Gasteiger partial charge in [-0.15, -0.1) is 0 Å². The first-order valence-corrected chi connectivity index (χ1v) is 8.98. The summed E-state index contributed by atoms with van der Waals surface area (Å²) in [7, 11) is 0. The Balaban J connectivity index is 1.58. The number of halogens is 1. The zero-order chi connectivity index (χ0) is 19.0. The molecule has 138 valence electrons. The fraction of sp³-hybridized carbons (Fsp3) is 0.200. The Morgan fingerprint density at radius 1 is 1.15 bits per heavy atom. The molecule has 0 radical (unpaired) electrons. The minimum absolute atomic E-state index is 0.0237. The van der Waals surface area contributed by atoms with Crippen LogP contribution in [0.25, 0.3) is 11.4 Å². The van der Waals surface area contributed by atoms with E-state index in [1.54, 1.807) is 24.3 Å². The lowest BCUT2D eigenvalue weighted by atomic mass is 10.0. The maximum Gasteiger partial charge on any atom is 0.255 e. The summed E-state index contributed by atoms with van der Waals surface area (Å²) >= 11 is 5.92. The van der Waals surface area contributed by atoms with Gasteiger partial charge in [0, 0.05) is 48.3 Å². The zero-order valence-corrected chi connectivity index (χ0v) is 15.2. The van der Waals surface area contributed by atoms with Crippen LogP contribution in [0.2, 0.25) is 5.02 Å². The van der Waals surface area contributed by atoms with Crippen LogP contribution in [0.15, 0.2) is 47.3 Å². The van der Waals surface area contributed by atoms with Crippen molar-refractivity contribution in [3.05, 3.63) is 74.7 Å². The van der Waals surface area contributed by atoms with Crippen molar-refractivity contribution in [2.45, 2.75) is 19.5 Å². The molecule has 6 nitrogen and oxygen atoms in total. The second-order valence-electron chi connectivity index (χ2n) is 6.62. The summed E-state index contributed by atoms with van der Waals surface area (Å²) in [4.78, 5) is 22.2. The first-order valence-electron chi connectivity index (χ1n) is 8.61. The first kappa shape index (κ1) is 17.6. The Morgan fingerprint density at radius 2 is 1.93 bits per heavy atom. The maximum atomic E-state index is 12.6. The van der Waals surface area contributed by atoms with Gasteiger partial charge in [-0.05, 0) is 30.3 Å². The molecule has 0 bridgehead atoms. The van der Waals surface area contributed by atoms with Gasteiger partial charge >= 0.3 is 0 Å². The molecule has 3 N–H and O–H groups in total. The number of fused-ring (bicyclic) bond motifs is 1. The smallest absolute Gasteiger partial charge is 0.255 e. The van der Waals surface area contributed by atoms with Gasteiger partial charge in [-0.1, -0.05) is 17.7 Å². The average Bonchev–Trinajstić information content (AvgIpc) is 2.65. The van der Waals surface area contributed by atoms with Crippen LogP contribution < -0.4 is 5.56 Å². The normalized spacial score (nSPS) is 14.1. The monoisotopic (exact) mass is 383 g/mol. The Labute approximate surface area is 160 Å². The molecule has 1 aliphatic rings. The lowest BCUT2D eigenvalue weighted by Gasteiger charge is -2.28. The average molecular weight is 384 g/mol. The number of aromatic amines is 1. The molecule has 0 saturated heterocycles. The zero-order valence-electron chi connectivity index (χ0n) is 14.4. The molecular formula is C20H18ClN3O3. The molecule has 3 aromatic rings. The van der Waals surface area contributed by atoms with Gasteiger partial charge in [0.25, 0.3) is 5.56 Å². The second-order valence-corrected chi connectivity index (χ2v) is 7.06. The van der Waals surface area contributed by atoms with Crippen LogP contribution in [0.5, 0.6) is 11.5 Å². The van der Waals surface area contributed by atoms with E-state index >= 15 is 0 Å². The summed E-state index contributed by atoms with van der Waals surface area (Å²) in [5.74, 6) is 0.613. The number of hydrogen-bond donors (Lipinski definition) is 3. The van der Waals surface area contributed by atoms with Crippen molar-refractivity contribution in [2.24, 2.45) is 0 Å². The van der Waals surface area contributed by atoms with E-state index < -0.39 is 0 Å². The third-order valence-electron chi connectivity index (χ3n) is 4.73. The highest BCUT2D eigenvalue weighted by Gasteiger charge is 2.22. The quantitative estimate of drug-likeness (QED) is 0.646. The van der Waals surface area contributed by atoms with Crippen molar-refractivity contribution < 1.29 is 10.2 Å². The van der Waals surface area contributed by atoms with E-state index in [1.165, 1.54) is 6.07 Å². The third-order valence-corrected chi connectivity index (χ3v) is 4.98. The molecule has 0 amide bonds. The predicted octanol–water partition coefficient (Wildman–Crippen LogP) is 3.06. The van der Waals surface area contributed by atoms with E-state index in [2.05, 4.69) is 14.9 Å². The predicted molar refractivity (Wildman–Crippen MR) is 103 cm³/mol. The minimum atomic E-state index is -0.149. The lowest BCUT2D eigenvalue weighted by Crippen LogP contribution is -2.35. The van der Waals surface area contributed by atoms with E-state index in [0.29, 0.717) is 41.5 Å². The van der Waals surface area contributed by atoms with Gasteiger partial charge in [0.1, 0.15) is 17.3 Å². The number of aromatic hydroxyl groups is 2. The molecule has 7 heteroatoms. The summed E-state index contributed by atoms with van der Waals surface area (Å²) in [5.41, 5.74) is 2.82. The van der Waals surface area contributed by atoms with Crippen molar-refractivity contribution in [1.82, 2.24) is 14.9 Å². The summed E-state index contributed by atoms with van der Waals surface area (Å²) in [6, 6.07) is 11.7. The SMILES string of the molecule is O=c1[nH]c(-c2ccc(Cl)cc2)nc2c1CN(Cc1ccc(O)cc1O)CC2. The van der Waals surface area contributed by atoms with E-state index in [-0.39, 0.29) is 17.1 Å². The number of H-pyrrole nitrogens is 1. The fourth-order valence-electron chi connectivity index (χ4n) is 3.29. The Morgan fingerprint density at radius 3 is 2.67 bits per heavy atom. The number of benzene rings is 2. The van der Waals surface area contributed by atoms with E-state index in [1.807, 2.05) is 12.1 Å². The largest absolute Gasteiger partial charge is 0.508 e. The molecule has 0 saturated carbocycles. The van der Waals surface area contributed by atoms with Gasteiger partial charge in [-0.25, -0.2) is 4.98 Å². The summed E-state index contributed by atoms with van der Waals surface area (Å²) in [6.45, 7) is 1.67. The number of rotatable bonds is 3.